The average Bonchev–Trinajstić information content (AvgIpc) is 2.00. The highest BCUT2D eigenvalue weighted by molar-refractivity contribution is 7.89. The fourth-order valence-corrected chi connectivity index (χ4v) is 0.858. The van der Waals surface area contributed by atoms with E-state index in [0.717, 1.165) is 7.11 Å². The number of primary sulfonamides is 1. The first-order valence-corrected chi connectivity index (χ1v) is 4.95. The van der Waals surface area contributed by atoms with E-state index in [-0.39, 0.29) is 6.54 Å². The summed E-state index contributed by atoms with van der Waals surface area (Å²) >= 11 is 0. The minimum atomic E-state index is -3.62. The van der Waals surface area contributed by atoms with Gasteiger partial charge in [0.05, 0.1) is 12.9 Å². The number of hydrogen-bond acceptors (Lipinski definition) is 5. The number of carbonyl (C=O) groups is 2. The minimum Gasteiger partial charge on any atom is -0.462 e. The standard InChI is InChI=1S/C5H10N2O5S/c1-12-5(9)4(8)7-2-3-13(6,10)11/h2-3H2,1H3,(H,7,8)(H2,6,10,11). The number of methoxy groups -OCH3 is 1. The molecule has 0 saturated carbocycles. The number of amides is 1. The van der Waals surface area contributed by atoms with Crippen LogP contribution in [0.2, 0.25) is 0 Å². The highest BCUT2D eigenvalue weighted by atomic mass is 32.2. The van der Waals surface area contributed by atoms with Crippen molar-refractivity contribution in [1.82, 2.24) is 5.32 Å². The molecule has 3 N–H and O–H groups in total. The summed E-state index contributed by atoms with van der Waals surface area (Å²) in [5.74, 6) is -2.49. The van der Waals surface area contributed by atoms with Crippen molar-refractivity contribution in [2.75, 3.05) is 19.4 Å². The molecule has 0 aliphatic carbocycles. The van der Waals surface area contributed by atoms with Crippen LogP contribution in [0, 0.1) is 0 Å². The maximum atomic E-state index is 10.6. The molecule has 0 heterocycles. The summed E-state index contributed by atoms with van der Waals surface area (Å²) in [7, 11) is -2.58. The Morgan fingerprint density at radius 3 is 2.38 bits per heavy atom. The highest BCUT2D eigenvalue weighted by Crippen LogP contribution is 1.77. The molecule has 0 unspecified atom stereocenters. The van der Waals surface area contributed by atoms with Gasteiger partial charge in [-0.15, -0.1) is 0 Å². The fraction of sp³-hybridized carbons (Fsp3) is 0.600. The molecule has 0 radical (unpaired) electrons. The van der Waals surface area contributed by atoms with Gasteiger partial charge in [-0.1, -0.05) is 0 Å². The van der Waals surface area contributed by atoms with Crippen LogP contribution in [-0.2, 0) is 24.3 Å². The summed E-state index contributed by atoms with van der Waals surface area (Å²) < 4.78 is 24.8. The van der Waals surface area contributed by atoms with E-state index < -0.39 is 27.7 Å². The van der Waals surface area contributed by atoms with E-state index in [1.54, 1.807) is 0 Å². The highest BCUT2D eigenvalue weighted by Gasteiger charge is 2.13. The van der Waals surface area contributed by atoms with E-state index >= 15 is 0 Å². The molecule has 0 aliphatic rings. The topological polar surface area (TPSA) is 116 Å². The lowest BCUT2D eigenvalue weighted by Crippen LogP contribution is -2.36. The van der Waals surface area contributed by atoms with Crippen molar-refractivity contribution in [3.63, 3.8) is 0 Å². The summed E-state index contributed by atoms with van der Waals surface area (Å²) in [6, 6.07) is 0. The number of sulfonamides is 1. The van der Waals surface area contributed by atoms with E-state index in [1.807, 2.05) is 5.32 Å². The molecule has 0 atom stereocenters. The largest absolute Gasteiger partial charge is 0.462 e. The van der Waals surface area contributed by atoms with E-state index in [4.69, 9.17) is 0 Å². The van der Waals surface area contributed by atoms with Crippen LogP contribution in [0.1, 0.15) is 0 Å². The number of esters is 1. The molecule has 0 saturated heterocycles. The minimum absolute atomic E-state index is 0.216. The molecule has 8 heteroatoms. The second-order valence-corrected chi connectivity index (χ2v) is 3.85. The van der Waals surface area contributed by atoms with Crippen LogP contribution >= 0.6 is 0 Å². The number of ether oxygens (including phenoxy) is 1. The van der Waals surface area contributed by atoms with Crippen LogP contribution in [0.5, 0.6) is 0 Å². The van der Waals surface area contributed by atoms with E-state index in [1.165, 1.54) is 0 Å². The number of rotatable bonds is 3. The Bertz CT molecular complexity index is 296. The lowest BCUT2D eigenvalue weighted by molar-refractivity contribution is -0.152. The molecule has 7 nitrogen and oxygen atoms in total. The Hall–Kier alpha value is -1.15. The van der Waals surface area contributed by atoms with Gasteiger partial charge in [0, 0.05) is 6.54 Å². The average molecular weight is 210 g/mol. The third kappa shape index (κ3) is 6.05. The molecule has 0 aromatic carbocycles. The van der Waals surface area contributed by atoms with E-state index in [2.05, 4.69) is 9.88 Å². The van der Waals surface area contributed by atoms with Crippen molar-refractivity contribution in [3.05, 3.63) is 0 Å². The lowest BCUT2D eigenvalue weighted by Gasteiger charge is -2.01. The Balaban J connectivity index is 3.79. The van der Waals surface area contributed by atoms with Gasteiger partial charge in [-0.2, -0.15) is 0 Å². The third-order valence-corrected chi connectivity index (χ3v) is 1.82. The number of nitrogens with two attached hydrogens (primary N) is 1. The van der Waals surface area contributed by atoms with Gasteiger partial charge >= 0.3 is 11.9 Å². The van der Waals surface area contributed by atoms with E-state index in [0.29, 0.717) is 0 Å². The first-order chi connectivity index (χ1) is 5.87. The second-order valence-electron chi connectivity index (χ2n) is 2.11. The second kappa shape index (κ2) is 4.77. The van der Waals surface area contributed by atoms with Gasteiger partial charge in [0.1, 0.15) is 0 Å². The zero-order chi connectivity index (χ0) is 10.5. The van der Waals surface area contributed by atoms with Gasteiger partial charge in [0.25, 0.3) is 0 Å². The predicted molar refractivity (Wildman–Crippen MR) is 43.0 cm³/mol. The summed E-state index contributed by atoms with van der Waals surface area (Å²) in [5.41, 5.74) is 0. The van der Waals surface area contributed by atoms with Crippen molar-refractivity contribution >= 4 is 21.9 Å². The van der Waals surface area contributed by atoms with Crippen molar-refractivity contribution in [3.8, 4) is 0 Å². The Labute approximate surface area is 75.3 Å². The number of nitrogens with one attached hydrogen (secondary N) is 1. The first-order valence-electron chi connectivity index (χ1n) is 3.23. The molecular formula is C5H10N2O5S. The van der Waals surface area contributed by atoms with Crippen LogP contribution < -0.4 is 10.5 Å². The molecule has 0 fully saturated rings. The number of carbonyl (C=O) groups excluding carboxylic acids is 2. The van der Waals surface area contributed by atoms with Crippen LogP contribution in [0.3, 0.4) is 0 Å². The van der Waals surface area contributed by atoms with Gasteiger partial charge in [0.15, 0.2) is 0 Å². The Kier molecular flexibility index (Phi) is 4.35. The molecule has 0 bridgehead atoms. The maximum absolute atomic E-state index is 10.6. The maximum Gasteiger partial charge on any atom is 0.396 e. The van der Waals surface area contributed by atoms with Crippen LogP contribution in [0.25, 0.3) is 0 Å². The molecule has 76 valence electrons. The molecule has 0 aromatic heterocycles. The molecular weight excluding hydrogens is 200 g/mol. The van der Waals surface area contributed by atoms with Crippen molar-refractivity contribution in [2.45, 2.75) is 0 Å². The normalized spacial score (nSPS) is 10.6. The van der Waals surface area contributed by atoms with Gasteiger partial charge in [-0.3, -0.25) is 4.79 Å². The lowest BCUT2D eigenvalue weighted by atomic mass is 10.6. The van der Waals surface area contributed by atoms with Gasteiger partial charge < -0.3 is 10.1 Å². The van der Waals surface area contributed by atoms with Gasteiger partial charge in [-0.25, -0.2) is 18.4 Å². The Morgan fingerprint density at radius 2 is 2.00 bits per heavy atom. The van der Waals surface area contributed by atoms with Crippen LogP contribution in [0.4, 0.5) is 0 Å². The predicted octanol–water partition coefficient (Wildman–Crippen LogP) is -2.44. The van der Waals surface area contributed by atoms with Crippen molar-refractivity contribution in [1.29, 1.82) is 0 Å². The number of hydrogen-bond donors (Lipinski definition) is 2. The van der Waals surface area contributed by atoms with Gasteiger partial charge in [-0.05, 0) is 0 Å². The first kappa shape index (κ1) is 11.8. The zero-order valence-electron chi connectivity index (χ0n) is 6.94. The van der Waals surface area contributed by atoms with Crippen LogP contribution in [-0.4, -0.2) is 39.7 Å². The summed E-state index contributed by atoms with van der Waals surface area (Å²) in [5, 5.41) is 6.65. The van der Waals surface area contributed by atoms with Crippen LogP contribution in [0.15, 0.2) is 0 Å². The zero-order valence-corrected chi connectivity index (χ0v) is 7.76. The summed E-state index contributed by atoms with van der Waals surface area (Å²) in [6.45, 7) is -0.216. The summed E-state index contributed by atoms with van der Waals surface area (Å²) in [6.07, 6.45) is 0. The van der Waals surface area contributed by atoms with Gasteiger partial charge in [0.2, 0.25) is 10.0 Å². The molecule has 1 amide bonds. The smallest absolute Gasteiger partial charge is 0.396 e. The molecule has 0 rings (SSSR count). The Morgan fingerprint density at radius 1 is 1.46 bits per heavy atom. The fourth-order valence-electron chi connectivity index (χ4n) is 0.472. The molecule has 13 heavy (non-hydrogen) atoms. The third-order valence-electron chi connectivity index (χ3n) is 1.04. The quantitative estimate of drug-likeness (QED) is 0.396. The summed E-state index contributed by atoms with van der Waals surface area (Å²) in [4.78, 5) is 21.1. The molecule has 0 aliphatic heterocycles. The van der Waals surface area contributed by atoms with Crippen molar-refractivity contribution in [2.24, 2.45) is 5.14 Å². The van der Waals surface area contributed by atoms with Crippen molar-refractivity contribution < 1.29 is 22.7 Å². The monoisotopic (exact) mass is 210 g/mol. The SMILES string of the molecule is COC(=O)C(=O)NCCS(N)(=O)=O. The van der Waals surface area contributed by atoms with E-state index in [9.17, 15) is 18.0 Å². The molecule has 0 spiro atoms. The molecule has 0 aromatic rings.